The number of nitrogens with zero attached hydrogens (tertiary/aromatic N) is 5. The highest BCUT2D eigenvalue weighted by molar-refractivity contribution is 6.76. The standard InChI is InChI=1S/C37H52FN5O2Si2/c1-46(2,3)17-15-44-25-42(26-45-16-18-47(4,5)6)36-22-35(30-20-27-11-12-28(19-27)21-30)41-37-32(24-40-43(36)37)29-13-14-34(39-23-29)31-9-7-8-10-33(31)38/h7-10,13-14,22-24,27-28,30H,11-12,15-21,25-26H2,1-6H3. The third-order valence-corrected chi connectivity index (χ3v) is 13.2. The highest BCUT2D eigenvalue weighted by Crippen LogP contribution is 2.48. The molecule has 252 valence electrons. The lowest BCUT2D eigenvalue weighted by Crippen LogP contribution is -2.33. The first-order chi connectivity index (χ1) is 22.4. The maximum Gasteiger partial charge on any atom is 0.165 e. The molecule has 2 fully saturated rings. The van der Waals surface area contributed by atoms with Gasteiger partial charge in [0.25, 0.3) is 0 Å². The van der Waals surface area contributed by atoms with E-state index in [4.69, 9.17) is 19.6 Å². The minimum absolute atomic E-state index is 0.277. The summed E-state index contributed by atoms with van der Waals surface area (Å²) < 4.78 is 29.2. The molecular formula is C37H52FN5O2Si2. The summed E-state index contributed by atoms with van der Waals surface area (Å²) in [5.74, 6) is 2.69. The monoisotopic (exact) mass is 673 g/mol. The fraction of sp³-hybridized carbons (Fsp3) is 0.541. The van der Waals surface area contributed by atoms with Crippen LogP contribution in [0.3, 0.4) is 0 Å². The van der Waals surface area contributed by atoms with Gasteiger partial charge in [-0.3, -0.25) is 4.98 Å². The maximum absolute atomic E-state index is 14.5. The van der Waals surface area contributed by atoms with Gasteiger partial charge in [-0.2, -0.15) is 9.61 Å². The van der Waals surface area contributed by atoms with E-state index in [-0.39, 0.29) is 5.82 Å². The zero-order valence-electron chi connectivity index (χ0n) is 29.1. The maximum atomic E-state index is 14.5. The van der Waals surface area contributed by atoms with Crippen molar-refractivity contribution >= 4 is 27.6 Å². The fourth-order valence-corrected chi connectivity index (χ4v) is 8.52. The number of aromatic nitrogens is 4. The second-order valence-corrected chi connectivity index (χ2v) is 27.4. The van der Waals surface area contributed by atoms with Gasteiger partial charge < -0.3 is 14.4 Å². The molecule has 3 heterocycles. The molecule has 10 heteroatoms. The Labute approximate surface area is 281 Å². The van der Waals surface area contributed by atoms with E-state index < -0.39 is 16.1 Å². The smallest absolute Gasteiger partial charge is 0.165 e. The summed E-state index contributed by atoms with van der Waals surface area (Å²) >= 11 is 0. The van der Waals surface area contributed by atoms with Crippen LogP contribution in [0.5, 0.6) is 0 Å². The Kier molecular flexibility index (Phi) is 10.3. The normalized spacial score (nSPS) is 19.9. The van der Waals surface area contributed by atoms with Crippen molar-refractivity contribution in [2.45, 2.75) is 89.4 Å². The number of fused-ring (bicyclic) bond motifs is 3. The molecule has 0 saturated heterocycles. The zero-order valence-corrected chi connectivity index (χ0v) is 31.1. The second kappa shape index (κ2) is 14.3. The van der Waals surface area contributed by atoms with Crippen molar-refractivity contribution in [3.8, 4) is 22.4 Å². The first kappa shape index (κ1) is 34.0. The zero-order chi connectivity index (χ0) is 33.2. The number of rotatable bonds is 14. The van der Waals surface area contributed by atoms with Crippen LogP contribution in [0.1, 0.15) is 43.7 Å². The van der Waals surface area contributed by atoms with Gasteiger partial charge in [0.05, 0.1) is 11.9 Å². The van der Waals surface area contributed by atoms with Crippen molar-refractivity contribution in [1.82, 2.24) is 19.6 Å². The highest BCUT2D eigenvalue weighted by atomic mass is 28.3. The Morgan fingerprint density at radius 1 is 0.830 bits per heavy atom. The first-order valence-corrected chi connectivity index (χ1v) is 24.9. The first-order valence-electron chi connectivity index (χ1n) is 17.4. The van der Waals surface area contributed by atoms with Crippen molar-refractivity contribution in [1.29, 1.82) is 0 Å². The number of hydrogen-bond acceptors (Lipinski definition) is 6. The van der Waals surface area contributed by atoms with Gasteiger partial charge in [-0.15, -0.1) is 0 Å². The van der Waals surface area contributed by atoms with Crippen LogP contribution in [0.25, 0.3) is 28.0 Å². The number of ether oxygens (including phenoxy) is 2. The van der Waals surface area contributed by atoms with E-state index in [2.05, 4.69) is 55.2 Å². The lowest BCUT2D eigenvalue weighted by atomic mass is 9.79. The molecule has 7 nitrogen and oxygen atoms in total. The molecule has 2 unspecified atom stereocenters. The number of hydrogen-bond donors (Lipinski definition) is 0. The molecule has 6 rings (SSSR count). The molecular weight excluding hydrogens is 622 g/mol. The SMILES string of the molecule is C[Si](C)(C)CCOCN(COCC[Si](C)(C)C)c1cc(C2CC3CCC(C3)C2)nc2c(-c3ccc(-c4ccccc4F)nc3)cnn12. The molecule has 2 aliphatic carbocycles. The van der Waals surface area contributed by atoms with Crippen LogP contribution < -0.4 is 4.90 Å². The van der Waals surface area contributed by atoms with Gasteiger partial charge >= 0.3 is 0 Å². The summed E-state index contributed by atoms with van der Waals surface area (Å²) in [6.07, 6.45) is 10.1. The van der Waals surface area contributed by atoms with E-state index in [0.29, 0.717) is 30.6 Å². The van der Waals surface area contributed by atoms with Gasteiger partial charge in [-0.05, 0) is 61.4 Å². The van der Waals surface area contributed by atoms with Gasteiger partial charge in [0.2, 0.25) is 0 Å². The Morgan fingerprint density at radius 2 is 1.49 bits per heavy atom. The van der Waals surface area contributed by atoms with Gasteiger partial charge in [-0.1, -0.05) is 70.3 Å². The van der Waals surface area contributed by atoms with Gasteiger partial charge in [0, 0.05) is 69.9 Å². The molecule has 0 radical (unpaired) electrons. The molecule has 2 aliphatic rings. The van der Waals surface area contributed by atoms with Gasteiger partial charge in [0.15, 0.2) is 5.65 Å². The average molecular weight is 674 g/mol. The Morgan fingerprint density at radius 3 is 2.09 bits per heavy atom. The molecule has 0 amide bonds. The van der Waals surface area contributed by atoms with Crippen molar-refractivity contribution < 1.29 is 13.9 Å². The third kappa shape index (κ3) is 8.57. The molecule has 0 N–H and O–H groups in total. The lowest BCUT2D eigenvalue weighted by Gasteiger charge is -2.30. The summed E-state index contributed by atoms with van der Waals surface area (Å²) in [6.45, 7) is 16.6. The summed E-state index contributed by atoms with van der Waals surface area (Å²) in [4.78, 5) is 12.2. The Balaban J connectivity index is 1.36. The van der Waals surface area contributed by atoms with Crippen LogP contribution in [-0.4, -0.2) is 62.4 Å². The van der Waals surface area contributed by atoms with Crippen LogP contribution in [0.4, 0.5) is 10.2 Å². The summed E-state index contributed by atoms with van der Waals surface area (Å²) in [5.41, 5.74) is 4.86. The fourth-order valence-electron chi connectivity index (χ4n) is 7.01. The molecule has 2 atom stereocenters. The molecule has 2 bridgehead atoms. The van der Waals surface area contributed by atoms with E-state index in [9.17, 15) is 4.39 Å². The molecule has 0 aliphatic heterocycles. The predicted octanol–water partition coefficient (Wildman–Crippen LogP) is 9.32. The lowest BCUT2D eigenvalue weighted by molar-refractivity contribution is 0.0942. The number of anilines is 1. The Bertz CT molecular complexity index is 1620. The summed E-state index contributed by atoms with van der Waals surface area (Å²) in [5, 5.41) is 4.90. The van der Waals surface area contributed by atoms with E-state index in [1.165, 1.54) is 38.2 Å². The predicted molar refractivity (Wildman–Crippen MR) is 195 cm³/mol. The molecule has 4 aromatic rings. The van der Waals surface area contributed by atoms with Crippen LogP contribution in [0, 0.1) is 17.7 Å². The summed E-state index contributed by atoms with van der Waals surface area (Å²) in [7, 11) is -2.46. The quantitative estimate of drug-likeness (QED) is 0.0755. The van der Waals surface area contributed by atoms with Crippen LogP contribution in [0.2, 0.25) is 51.4 Å². The summed E-state index contributed by atoms with van der Waals surface area (Å²) in [6, 6.07) is 15.1. The average Bonchev–Trinajstić information content (AvgIpc) is 3.61. The van der Waals surface area contributed by atoms with E-state index in [1.807, 2.05) is 35.1 Å². The number of pyridine rings is 1. The number of benzene rings is 1. The van der Waals surface area contributed by atoms with Crippen molar-refractivity contribution in [2.75, 3.05) is 31.6 Å². The second-order valence-electron chi connectivity index (χ2n) is 16.2. The van der Waals surface area contributed by atoms with E-state index in [1.54, 1.807) is 12.1 Å². The largest absolute Gasteiger partial charge is 0.361 e. The molecule has 2 saturated carbocycles. The molecule has 47 heavy (non-hydrogen) atoms. The minimum atomic E-state index is -1.23. The Hall–Kier alpha value is -2.93. The molecule has 1 aromatic carbocycles. The molecule has 0 spiro atoms. The highest BCUT2D eigenvalue weighted by Gasteiger charge is 2.36. The van der Waals surface area contributed by atoms with Crippen molar-refractivity contribution in [2.24, 2.45) is 11.8 Å². The third-order valence-electron chi connectivity index (χ3n) is 9.81. The number of halogens is 1. The van der Waals surface area contributed by atoms with Crippen LogP contribution in [0.15, 0.2) is 54.9 Å². The van der Waals surface area contributed by atoms with Crippen LogP contribution >= 0.6 is 0 Å². The van der Waals surface area contributed by atoms with E-state index in [0.717, 1.165) is 65.4 Å². The van der Waals surface area contributed by atoms with Crippen LogP contribution in [-0.2, 0) is 9.47 Å². The topological polar surface area (TPSA) is 64.8 Å². The van der Waals surface area contributed by atoms with E-state index >= 15 is 0 Å². The minimum Gasteiger partial charge on any atom is -0.361 e. The van der Waals surface area contributed by atoms with Crippen molar-refractivity contribution in [3.05, 3.63) is 66.4 Å². The molecule has 3 aromatic heterocycles. The van der Waals surface area contributed by atoms with Gasteiger partial charge in [-0.25, -0.2) is 9.37 Å². The van der Waals surface area contributed by atoms with Crippen molar-refractivity contribution in [3.63, 3.8) is 0 Å². The van der Waals surface area contributed by atoms with Gasteiger partial charge in [0.1, 0.15) is 25.1 Å².